The summed E-state index contributed by atoms with van der Waals surface area (Å²) in [5.74, 6) is -0.0978. The zero-order valence-corrected chi connectivity index (χ0v) is 17.8. The zero-order chi connectivity index (χ0) is 21.1. The third-order valence-electron chi connectivity index (χ3n) is 4.68. The summed E-state index contributed by atoms with van der Waals surface area (Å²) in [7, 11) is 0. The van der Waals surface area contributed by atoms with E-state index in [-0.39, 0.29) is 5.56 Å². The van der Waals surface area contributed by atoms with Gasteiger partial charge in [0.05, 0.1) is 11.3 Å². The smallest absolute Gasteiger partial charge is 0.198 e. The number of carbonyl (C=O) groups excluding carboxylic acids is 1. The van der Waals surface area contributed by atoms with E-state index in [9.17, 15) is 9.18 Å². The lowest BCUT2D eigenvalue weighted by atomic mass is 10.0. The zero-order valence-electron chi connectivity index (χ0n) is 16.2. The minimum Gasteiger partial charge on any atom is -0.345 e. The number of fused-ring (bicyclic) bond motifs is 1. The van der Waals surface area contributed by atoms with Crippen molar-refractivity contribution < 1.29 is 9.18 Å². The highest BCUT2D eigenvalue weighted by Crippen LogP contribution is 2.29. The molecule has 2 N–H and O–H groups in total. The van der Waals surface area contributed by atoms with Crippen LogP contribution < -0.4 is 4.72 Å². The van der Waals surface area contributed by atoms with Crippen molar-refractivity contribution in [2.45, 2.75) is 13.3 Å². The third-order valence-corrected chi connectivity index (χ3v) is 5.91. The first-order valence-electron chi connectivity index (χ1n) is 9.52. The van der Waals surface area contributed by atoms with Crippen LogP contribution in [0.2, 0.25) is 5.02 Å². The highest BCUT2D eigenvalue weighted by atomic mass is 35.5. The number of halogens is 2. The average Bonchev–Trinajstić information content (AvgIpc) is 3.18. The van der Waals surface area contributed by atoms with Crippen molar-refractivity contribution in [3.05, 3.63) is 82.9 Å². The van der Waals surface area contributed by atoms with Gasteiger partial charge in [-0.15, -0.1) is 0 Å². The number of pyridine rings is 1. The minimum absolute atomic E-state index is 0.0231. The monoisotopic (exact) mass is 439 g/mol. The van der Waals surface area contributed by atoms with Crippen molar-refractivity contribution in [2.24, 2.45) is 0 Å². The number of nitrogens with zero attached hydrogens (tertiary/aromatic N) is 1. The number of aromatic nitrogens is 2. The number of hydrogen-bond donors (Lipinski definition) is 2. The summed E-state index contributed by atoms with van der Waals surface area (Å²) in [6.07, 6.45) is 4.28. The van der Waals surface area contributed by atoms with Crippen LogP contribution in [0.4, 0.5) is 10.1 Å². The van der Waals surface area contributed by atoms with Crippen LogP contribution in [0.1, 0.15) is 29.3 Å². The van der Waals surface area contributed by atoms with Gasteiger partial charge in [0, 0.05) is 39.7 Å². The van der Waals surface area contributed by atoms with Crippen molar-refractivity contribution >= 4 is 46.1 Å². The fraction of sp³-hybridized carbons (Fsp3) is 0.130. The molecule has 30 heavy (non-hydrogen) atoms. The largest absolute Gasteiger partial charge is 0.345 e. The SMILES string of the molecule is CCCSNc1cccc(C(=O)c2c[nH]c3ncc(-c4ccc(Cl)cc4)cc23)c1F. The molecular weight excluding hydrogens is 421 g/mol. The van der Waals surface area contributed by atoms with Gasteiger partial charge in [-0.1, -0.05) is 48.7 Å². The van der Waals surface area contributed by atoms with E-state index in [1.165, 1.54) is 18.0 Å². The number of nitrogens with one attached hydrogen (secondary N) is 2. The van der Waals surface area contributed by atoms with Gasteiger partial charge < -0.3 is 9.71 Å². The summed E-state index contributed by atoms with van der Waals surface area (Å²) in [6.45, 7) is 2.05. The number of ketones is 1. The Morgan fingerprint density at radius 1 is 1.17 bits per heavy atom. The lowest BCUT2D eigenvalue weighted by Crippen LogP contribution is -2.06. The third kappa shape index (κ3) is 4.06. The van der Waals surface area contributed by atoms with E-state index in [2.05, 4.69) is 14.7 Å². The Morgan fingerprint density at radius 2 is 1.97 bits per heavy atom. The van der Waals surface area contributed by atoms with Crippen LogP contribution in [0, 0.1) is 5.82 Å². The lowest BCUT2D eigenvalue weighted by Gasteiger charge is -2.09. The first-order valence-corrected chi connectivity index (χ1v) is 10.9. The van der Waals surface area contributed by atoms with Crippen molar-refractivity contribution in [3.63, 3.8) is 0 Å². The predicted octanol–water partition coefficient (Wildman–Crippen LogP) is 6.72. The molecule has 2 heterocycles. The van der Waals surface area contributed by atoms with E-state index in [0.29, 0.717) is 27.3 Å². The van der Waals surface area contributed by atoms with Gasteiger partial charge in [0.2, 0.25) is 0 Å². The molecule has 4 rings (SSSR count). The van der Waals surface area contributed by atoms with Crippen LogP contribution in [0.3, 0.4) is 0 Å². The molecule has 0 aliphatic rings. The van der Waals surface area contributed by atoms with Gasteiger partial charge in [-0.05, 0) is 42.3 Å². The molecule has 4 nitrogen and oxygen atoms in total. The maximum atomic E-state index is 15.0. The molecule has 4 aromatic rings. The number of H-pyrrole nitrogens is 1. The van der Waals surface area contributed by atoms with Crippen LogP contribution in [0.15, 0.2) is 60.9 Å². The summed E-state index contributed by atoms with van der Waals surface area (Å²) >= 11 is 7.39. The Morgan fingerprint density at radius 3 is 2.73 bits per heavy atom. The predicted molar refractivity (Wildman–Crippen MR) is 123 cm³/mol. The summed E-state index contributed by atoms with van der Waals surface area (Å²) in [4.78, 5) is 20.6. The van der Waals surface area contributed by atoms with Gasteiger partial charge in [0.1, 0.15) is 5.65 Å². The Kier molecular flexibility index (Phi) is 6.06. The van der Waals surface area contributed by atoms with E-state index in [1.54, 1.807) is 36.7 Å². The molecule has 0 aliphatic carbocycles. The summed E-state index contributed by atoms with van der Waals surface area (Å²) in [5, 5.41) is 1.29. The van der Waals surface area contributed by atoms with Crippen molar-refractivity contribution in [2.75, 3.05) is 10.5 Å². The number of benzene rings is 2. The molecule has 0 radical (unpaired) electrons. The fourth-order valence-electron chi connectivity index (χ4n) is 3.15. The van der Waals surface area contributed by atoms with E-state index in [4.69, 9.17) is 11.6 Å². The van der Waals surface area contributed by atoms with Crippen LogP contribution >= 0.6 is 23.5 Å². The van der Waals surface area contributed by atoms with Crippen molar-refractivity contribution in [1.82, 2.24) is 9.97 Å². The molecule has 7 heteroatoms. The van der Waals surface area contributed by atoms with Crippen LogP contribution in [-0.2, 0) is 0 Å². The number of hydrogen-bond acceptors (Lipinski definition) is 4. The van der Waals surface area contributed by atoms with E-state index in [1.807, 2.05) is 25.1 Å². The normalized spacial score (nSPS) is 11.0. The molecule has 2 aromatic carbocycles. The molecule has 0 amide bonds. The molecule has 0 saturated heterocycles. The van der Waals surface area contributed by atoms with Gasteiger partial charge in [-0.25, -0.2) is 9.37 Å². The highest BCUT2D eigenvalue weighted by Gasteiger charge is 2.20. The van der Waals surface area contributed by atoms with Crippen molar-refractivity contribution in [3.8, 4) is 11.1 Å². The van der Waals surface area contributed by atoms with Crippen LogP contribution in [-0.4, -0.2) is 21.5 Å². The molecule has 0 fully saturated rings. The number of rotatable bonds is 7. The van der Waals surface area contributed by atoms with Gasteiger partial charge >= 0.3 is 0 Å². The van der Waals surface area contributed by atoms with Crippen LogP contribution in [0.5, 0.6) is 0 Å². The van der Waals surface area contributed by atoms with Crippen molar-refractivity contribution in [1.29, 1.82) is 0 Å². The molecule has 152 valence electrons. The topological polar surface area (TPSA) is 57.8 Å². The second kappa shape index (κ2) is 8.90. The van der Waals surface area contributed by atoms with Crippen LogP contribution in [0.25, 0.3) is 22.2 Å². The maximum Gasteiger partial charge on any atom is 0.198 e. The molecule has 0 spiro atoms. The number of carbonyl (C=O) groups is 1. The molecule has 2 aromatic heterocycles. The maximum absolute atomic E-state index is 15.0. The van der Waals surface area contributed by atoms with Gasteiger partial charge in [0.15, 0.2) is 11.6 Å². The Labute approximate surface area is 183 Å². The quantitative estimate of drug-likeness (QED) is 0.190. The highest BCUT2D eigenvalue weighted by molar-refractivity contribution is 8.00. The average molecular weight is 440 g/mol. The second-order valence-corrected chi connectivity index (χ2v) is 8.11. The molecule has 0 saturated carbocycles. The molecule has 0 aliphatic heterocycles. The fourth-order valence-corrected chi connectivity index (χ4v) is 3.90. The lowest BCUT2D eigenvalue weighted by molar-refractivity contribution is 0.103. The van der Waals surface area contributed by atoms with Gasteiger partial charge in [0.25, 0.3) is 0 Å². The first kappa shape index (κ1) is 20.4. The molecule has 0 atom stereocenters. The number of aromatic amines is 1. The molecular formula is C23H19ClFN3OS. The van der Waals surface area contributed by atoms with E-state index in [0.717, 1.165) is 23.3 Å². The second-order valence-electron chi connectivity index (χ2n) is 6.78. The first-order chi connectivity index (χ1) is 14.6. The Bertz CT molecular complexity index is 1210. The summed E-state index contributed by atoms with van der Waals surface area (Å²) in [6, 6.07) is 14.1. The number of anilines is 1. The summed E-state index contributed by atoms with van der Waals surface area (Å²) in [5.41, 5.74) is 3.06. The van der Waals surface area contributed by atoms with Gasteiger partial charge in [-0.3, -0.25) is 4.79 Å². The Hall–Kier alpha value is -2.83. The Balaban J connectivity index is 1.71. The molecule has 0 bridgehead atoms. The van der Waals surface area contributed by atoms with E-state index < -0.39 is 11.6 Å². The van der Waals surface area contributed by atoms with Gasteiger partial charge in [-0.2, -0.15) is 0 Å². The summed E-state index contributed by atoms with van der Waals surface area (Å²) < 4.78 is 18.0. The standard InChI is InChI=1S/C23H19ClFN3OS/c1-2-10-30-28-20-5-3-4-17(21(20)25)22(29)19-13-27-23-18(19)11-15(12-26-23)14-6-8-16(24)9-7-14/h3-9,11-13,28H,2,10H2,1H3,(H,26,27). The van der Waals surface area contributed by atoms with E-state index >= 15 is 0 Å². The molecule has 0 unspecified atom stereocenters. The minimum atomic E-state index is -0.553.